The first-order valence-corrected chi connectivity index (χ1v) is 5.81. The molecular formula is C12H13N5. The molecular weight excluding hydrogens is 214 g/mol. The molecule has 2 aromatic heterocycles. The molecule has 5 nitrogen and oxygen atoms in total. The van der Waals surface area contributed by atoms with Gasteiger partial charge in [-0.2, -0.15) is 10.4 Å². The van der Waals surface area contributed by atoms with Gasteiger partial charge >= 0.3 is 0 Å². The highest BCUT2D eigenvalue weighted by Gasteiger charge is 2.21. The molecule has 0 N–H and O–H groups in total. The van der Waals surface area contributed by atoms with Crippen LogP contribution in [-0.2, 0) is 0 Å². The lowest BCUT2D eigenvalue weighted by Gasteiger charge is -2.30. The Morgan fingerprint density at radius 2 is 2.12 bits per heavy atom. The van der Waals surface area contributed by atoms with Crippen LogP contribution in [0.25, 0.3) is 5.52 Å². The molecule has 3 heterocycles. The molecule has 0 amide bonds. The zero-order valence-corrected chi connectivity index (χ0v) is 9.45. The zero-order valence-electron chi connectivity index (χ0n) is 9.45. The van der Waals surface area contributed by atoms with E-state index in [-0.39, 0.29) is 5.92 Å². The molecule has 0 unspecified atom stereocenters. The van der Waals surface area contributed by atoms with E-state index in [1.165, 1.54) is 0 Å². The third-order valence-electron chi connectivity index (χ3n) is 3.28. The molecule has 1 aliphatic heterocycles. The summed E-state index contributed by atoms with van der Waals surface area (Å²) in [6.07, 6.45) is 7.25. The van der Waals surface area contributed by atoms with E-state index in [1.807, 2.05) is 16.8 Å². The summed E-state index contributed by atoms with van der Waals surface area (Å²) in [5.41, 5.74) is 1.03. The Labute approximate surface area is 99.3 Å². The molecule has 0 aromatic carbocycles. The molecule has 86 valence electrons. The predicted octanol–water partition coefficient (Wildman–Crippen LogP) is 1.47. The Hall–Kier alpha value is -2.09. The quantitative estimate of drug-likeness (QED) is 0.740. The number of fused-ring (bicyclic) bond motifs is 1. The highest BCUT2D eigenvalue weighted by Crippen LogP contribution is 2.24. The molecule has 2 aromatic rings. The van der Waals surface area contributed by atoms with Gasteiger partial charge in [-0.25, -0.2) is 9.50 Å². The lowest BCUT2D eigenvalue weighted by molar-refractivity contribution is 0.485. The summed E-state index contributed by atoms with van der Waals surface area (Å²) in [6.45, 7) is 1.80. The Morgan fingerprint density at radius 3 is 2.88 bits per heavy atom. The van der Waals surface area contributed by atoms with Crippen LogP contribution >= 0.6 is 0 Å². The standard InChI is InChI=1S/C12H13N5/c13-9-10-2-6-16(7-3-10)12-11-1-4-15-17(11)8-5-14-12/h1,4-5,8,10H,2-3,6-7H2. The summed E-state index contributed by atoms with van der Waals surface area (Å²) >= 11 is 0. The number of nitriles is 1. The van der Waals surface area contributed by atoms with Gasteiger partial charge in [0.25, 0.3) is 0 Å². The van der Waals surface area contributed by atoms with E-state index in [2.05, 4.69) is 21.1 Å². The van der Waals surface area contributed by atoms with Crippen LogP contribution in [0.3, 0.4) is 0 Å². The Bertz CT molecular complexity index is 560. The maximum Gasteiger partial charge on any atom is 0.154 e. The van der Waals surface area contributed by atoms with Crippen LogP contribution in [0.1, 0.15) is 12.8 Å². The van der Waals surface area contributed by atoms with Crippen LogP contribution in [0.5, 0.6) is 0 Å². The van der Waals surface area contributed by atoms with Crippen molar-refractivity contribution in [3.8, 4) is 6.07 Å². The first kappa shape index (κ1) is 10.1. The summed E-state index contributed by atoms with van der Waals surface area (Å²) in [5, 5.41) is 13.1. The van der Waals surface area contributed by atoms with Crippen molar-refractivity contribution in [2.75, 3.05) is 18.0 Å². The number of piperidine rings is 1. The molecule has 1 saturated heterocycles. The first-order valence-electron chi connectivity index (χ1n) is 5.81. The summed E-state index contributed by atoms with van der Waals surface area (Å²) in [5.74, 6) is 1.18. The van der Waals surface area contributed by atoms with Crippen molar-refractivity contribution in [2.24, 2.45) is 5.92 Å². The Balaban J connectivity index is 1.90. The molecule has 0 radical (unpaired) electrons. The SMILES string of the molecule is N#CC1CCN(c2nccn3nccc23)CC1. The van der Waals surface area contributed by atoms with Gasteiger partial charge in [0.1, 0.15) is 5.52 Å². The second-order valence-corrected chi connectivity index (χ2v) is 4.30. The third kappa shape index (κ3) is 1.72. The lowest BCUT2D eigenvalue weighted by atomic mass is 9.99. The second-order valence-electron chi connectivity index (χ2n) is 4.30. The van der Waals surface area contributed by atoms with Crippen LogP contribution < -0.4 is 4.90 Å². The molecule has 1 fully saturated rings. The van der Waals surface area contributed by atoms with E-state index in [1.54, 1.807) is 12.4 Å². The van der Waals surface area contributed by atoms with Gasteiger partial charge in [-0.05, 0) is 18.9 Å². The van der Waals surface area contributed by atoms with E-state index in [0.717, 1.165) is 37.3 Å². The van der Waals surface area contributed by atoms with E-state index >= 15 is 0 Å². The van der Waals surface area contributed by atoms with E-state index in [0.29, 0.717) is 0 Å². The number of aromatic nitrogens is 3. The number of anilines is 1. The van der Waals surface area contributed by atoms with Crippen LogP contribution in [0, 0.1) is 17.2 Å². The third-order valence-corrected chi connectivity index (χ3v) is 3.28. The average Bonchev–Trinajstić information content (AvgIpc) is 2.87. The van der Waals surface area contributed by atoms with Gasteiger partial charge in [0.05, 0.1) is 12.3 Å². The molecule has 5 heteroatoms. The maximum absolute atomic E-state index is 8.89. The normalized spacial score (nSPS) is 17.2. The largest absolute Gasteiger partial charge is 0.355 e. The minimum atomic E-state index is 0.205. The number of hydrogen-bond acceptors (Lipinski definition) is 4. The number of nitrogens with zero attached hydrogens (tertiary/aromatic N) is 5. The van der Waals surface area contributed by atoms with Crippen molar-refractivity contribution in [1.82, 2.24) is 14.6 Å². The van der Waals surface area contributed by atoms with Crippen molar-refractivity contribution in [3.63, 3.8) is 0 Å². The van der Waals surface area contributed by atoms with Gasteiger partial charge in [-0.3, -0.25) is 0 Å². The second kappa shape index (κ2) is 4.06. The van der Waals surface area contributed by atoms with Gasteiger partial charge in [-0.15, -0.1) is 0 Å². The fourth-order valence-corrected chi connectivity index (χ4v) is 2.31. The van der Waals surface area contributed by atoms with Crippen molar-refractivity contribution in [3.05, 3.63) is 24.7 Å². The zero-order chi connectivity index (χ0) is 11.7. The Morgan fingerprint density at radius 1 is 1.29 bits per heavy atom. The van der Waals surface area contributed by atoms with Gasteiger partial charge in [0, 0.05) is 31.4 Å². The summed E-state index contributed by atoms with van der Waals surface area (Å²) < 4.78 is 1.83. The highest BCUT2D eigenvalue weighted by molar-refractivity contribution is 5.68. The highest BCUT2D eigenvalue weighted by atomic mass is 15.3. The smallest absolute Gasteiger partial charge is 0.154 e. The molecule has 0 bridgehead atoms. The van der Waals surface area contributed by atoms with E-state index in [4.69, 9.17) is 5.26 Å². The van der Waals surface area contributed by atoms with Gasteiger partial charge in [0.15, 0.2) is 5.82 Å². The predicted molar refractivity (Wildman–Crippen MR) is 63.5 cm³/mol. The van der Waals surface area contributed by atoms with Crippen molar-refractivity contribution < 1.29 is 0 Å². The molecule has 17 heavy (non-hydrogen) atoms. The molecule has 0 saturated carbocycles. The molecule has 3 rings (SSSR count). The minimum absolute atomic E-state index is 0.205. The van der Waals surface area contributed by atoms with Crippen LogP contribution in [0.2, 0.25) is 0 Å². The Kier molecular flexibility index (Phi) is 2.41. The van der Waals surface area contributed by atoms with Gasteiger partial charge in [0.2, 0.25) is 0 Å². The van der Waals surface area contributed by atoms with Crippen molar-refractivity contribution >= 4 is 11.3 Å². The van der Waals surface area contributed by atoms with E-state index in [9.17, 15) is 0 Å². The van der Waals surface area contributed by atoms with Crippen LogP contribution in [0.4, 0.5) is 5.82 Å². The monoisotopic (exact) mass is 227 g/mol. The number of hydrogen-bond donors (Lipinski definition) is 0. The maximum atomic E-state index is 8.89. The van der Waals surface area contributed by atoms with Gasteiger partial charge < -0.3 is 4.90 Å². The number of rotatable bonds is 1. The molecule has 0 aliphatic carbocycles. The van der Waals surface area contributed by atoms with Crippen LogP contribution in [-0.4, -0.2) is 27.7 Å². The summed E-state index contributed by atoms with van der Waals surface area (Å²) in [6, 6.07) is 4.31. The van der Waals surface area contributed by atoms with Crippen molar-refractivity contribution in [1.29, 1.82) is 5.26 Å². The molecule has 0 spiro atoms. The van der Waals surface area contributed by atoms with Crippen LogP contribution in [0.15, 0.2) is 24.7 Å². The minimum Gasteiger partial charge on any atom is -0.355 e. The molecule has 1 aliphatic rings. The lowest BCUT2D eigenvalue weighted by Crippen LogP contribution is -2.34. The summed E-state index contributed by atoms with van der Waals surface area (Å²) in [7, 11) is 0. The van der Waals surface area contributed by atoms with E-state index < -0.39 is 0 Å². The fraction of sp³-hybridized carbons (Fsp3) is 0.417. The van der Waals surface area contributed by atoms with Crippen molar-refractivity contribution in [2.45, 2.75) is 12.8 Å². The summed E-state index contributed by atoms with van der Waals surface area (Å²) in [4.78, 5) is 6.68. The average molecular weight is 227 g/mol. The fourth-order valence-electron chi connectivity index (χ4n) is 2.31. The topological polar surface area (TPSA) is 57.2 Å². The first-order chi connectivity index (χ1) is 8.38. The molecule has 0 atom stereocenters. The van der Waals surface area contributed by atoms with Gasteiger partial charge in [-0.1, -0.05) is 0 Å².